The quantitative estimate of drug-likeness (QED) is 0.304. The van der Waals surface area contributed by atoms with E-state index in [-0.39, 0.29) is 46.6 Å². The first-order valence-electron chi connectivity index (χ1n) is 6.10. The number of amidine groups is 1. The molecule has 1 rings (SSSR count). The van der Waals surface area contributed by atoms with E-state index in [1.165, 1.54) is 0 Å². The number of carbonyl (C=O) groups is 2. The van der Waals surface area contributed by atoms with Gasteiger partial charge in [-0.25, -0.2) is 4.99 Å². The molecule has 2 unspecified atom stereocenters. The van der Waals surface area contributed by atoms with E-state index in [1.54, 1.807) is 0 Å². The number of rotatable bonds is 5. The van der Waals surface area contributed by atoms with E-state index in [4.69, 9.17) is 12.6 Å². The van der Waals surface area contributed by atoms with Gasteiger partial charge >= 0.3 is 29.6 Å². The van der Waals surface area contributed by atoms with Gasteiger partial charge in [0, 0.05) is 0 Å². The van der Waals surface area contributed by atoms with E-state index in [9.17, 15) is 9.59 Å². The normalized spacial score (nSPS) is 24.1. The summed E-state index contributed by atoms with van der Waals surface area (Å²) in [7, 11) is 0. The topological polar surface area (TPSA) is 58.5 Å². The standard InChI is InChI=1S/C13H20N2O2S.Na/c1-5-6-9(4)13(7-8(2)3)10(16)14-12(18)15-11(13)17;/h9H,2,5-7H2,1,3-4H3,(H2,14,15,16,17,18);/q;+1/p-1. The van der Waals surface area contributed by atoms with Gasteiger partial charge in [0.25, 0.3) is 5.91 Å². The molecule has 0 aliphatic carbocycles. The second kappa shape index (κ2) is 7.53. The molecule has 0 radical (unpaired) electrons. The SMILES string of the molecule is C=C(C)CC1(C(C)CCC)C(=O)N=C([S-])NC1=O.[Na+]. The zero-order valence-corrected chi connectivity index (χ0v) is 14.9. The van der Waals surface area contributed by atoms with Gasteiger partial charge in [-0.2, -0.15) is 0 Å². The number of amides is 2. The molecule has 19 heavy (non-hydrogen) atoms. The van der Waals surface area contributed by atoms with Crippen LogP contribution >= 0.6 is 0 Å². The van der Waals surface area contributed by atoms with Crippen LogP contribution < -0.4 is 34.9 Å². The van der Waals surface area contributed by atoms with Crippen molar-refractivity contribution < 1.29 is 39.1 Å². The van der Waals surface area contributed by atoms with Gasteiger partial charge in [-0.3, -0.25) is 9.59 Å². The molecule has 0 aromatic rings. The Balaban J connectivity index is 0.00000324. The van der Waals surface area contributed by atoms with Crippen molar-refractivity contribution in [3.63, 3.8) is 0 Å². The number of allylic oxidation sites excluding steroid dienone is 1. The molecule has 100 valence electrons. The molecule has 2 atom stereocenters. The van der Waals surface area contributed by atoms with Crippen LogP contribution in [0.2, 0.25) is 0 Å². The summed E-state index contributed by atoms with van der Waals surface area (Å²) in [5.41, 5.74) is -0.339. The summed E-state index contributed by atoms with van der Waals surface area (Å²) in [5, 5.41) is 2.47. The molecule has 6 heteroatoms. The van der Waals surface area contributed by atoms with E-state index in [0.29, 0.717) is 6.42 Å². The van der Waals surface area contributed by atoms with Gasteiger partial charge in [0.05, 0.1) is 0 Å². The third kappa shape index (κ3) is 3.88. The smallest absolute Gasteiger partial charge is 0.742 e. The van der Waals surface area contributed by atoms with Crippen molar-refractivity contribution in [3.8, 4) is 0 Å². The van der Waals surface area contributed by atoms with Crippen LogP contribution in [0.4, 0.5) is 0 Å². The molecule has 1 N–H and O–H groups in total. The van der Waals surface area contributed by atoms with Crippen molar-refractivity contribution in [1.82, 2.24) is 5.32 Å². The van der Waals surface area contributed by atoms with Crippen molar-refractivity contribution in [2.45, 2.75) is 40.0 Å². The van der Waals surface area contributed by atoms with Crippen LogP contribution in [0.15, 0.2) is 17.1 Å². The molecule has 4 nitrogen and oxygen atoms in total. The number of aliphatic imine (C=N–C) groups is 1. The molecule has 0 aromatic heterocycles. The van der Waals surface area contributed by atoms with Gasteiger partial charge in [0.15, 0.2) is 0 Å². The van der Waals surface area contributed by atoms with Crippen LogP contribution in [0.1, 0.15) is 40.0 Å². The van der Waals surface area contributed by atoms with Crippen LogP contribution in [0.5, 0.6) is 0 Å². The third-order valence-corrected chi connectivity index (χ3v) is 3.55. The fourth-order valence-corrected chi connectivity index (χ4v) is 2.62. The Labute approximate surface area is 142 Å². The Morgan fingerprint density at radius 3 is 2.53 bits per heavy atom. The van der Waals surface area contributed by atoms with Gasteiger partial charge in [-0.05, 0) is 30.9 Å². The maximum atomic E-state index is 12.3. The predicted octanol–water partition coefficient (Wildman–Crippen LogP) is -1.06. The monoisotopic (exact) mass is 290 g/mol. The second-order valence-corrected chi connectivity index (χ2v) is 5.36. The van der Waals surface area contributed by atoms with Crippen molar-refractivity contribution >= 4 is 29.6 Å². The first kappa shape index (κ1) is 18.8. The Morgan fingerprint density at radius 1 is 1.53 bits per heavy atom. The van der Waals surface area contributed by atoms with E-state index in [2.05, 4.69) is 16.9 Å². The van der Waals surface area contributed by atoms with Crippen LogP contribution in [-0.4, -0.2) is 17.0 Å². The molecular formula is C13H19N2NaO2S. The molecule has 1 heterocycles. The van der Waals surface area contributed by atoms with Crippen LogP contribution in [0.3, 0.4) is 0 Å². The number of hydrogen-bond donors (Lipinski definition) is 1. The van der Waals surface area contributed by atoms with Gasteiger partial charge in [0.2, 0.25) is 5.91 Å². The predicted molar refractivity (Wildman–Crippen MR) is 73.9 cm³/mol. The number of hydrogen-bond acceptors (Lipinski definition) is 3. The van der Waals surface area contributed by atoms with Crippen molar-refractivity contribution in [2.24, 2.45) is 16.3 Å². The van der Waals surface area contributed by atoms with Gasteiger partial charge in [-0.15, -0.1) is 6.58 Å². The number of nitrogens with zero attached hydrogens (tertiary/aromatic N) is 1. The van der Waals surface area contributed by atoms with Gasteiger partial charge in [-0.1, -0.05) is 25.8 Å². The number of nitrogens with one attached hydrogen (secondary N) is 1. The molecule has 0 fully saturated rings. The molecule has 0 saturated heterocycles. The van der Waals surface area contributed by atoms with Crippen LogP contribution in [0, 0.1) is 11.3 Å². The Bertz CT molecular complexity index is 423. The van der Waals surface area contributed by atoms with E-state index >= 15 is 0 Å². The minimum atomic E-state index is -1.13. The first-order chi connectivity index (χ1) is 8.34. The molecule has 0 spiro atoms. The number of carbonyl (C=O) groups excluding carboxylic acids is 2. The van der Waals surface area contributed by atoms with Crippen molar-refractivity contribution in [1.29, 1.82) is 0 Å². The van der Waals surface area contributed by atoms with Crippen LogP contribution in [0.25, 0.3) is 0 Å². The maximum absolute atomic E-state index is 12.3. The zero-order valence-electron chi connectivity index (χ0n) is 12.1. The molecule has 1 aliphatic heterocycles. The summed E-state index contributed by atoms with van der Waals surface area (Å²) in [6.45, 7) is 9.57. The summed E-state index contributed by atoms with van der Waals surface area (Å²) in [6, 6.07) is 0. The molecule has 0 aromatic carbocycles. The average molecular weight is 290 g/mol. The summed E-state index contributed by atoms with van der Waals surface area (Å²) < 4.78 is 0. The van der Waals surface area contributed by atoms with E-state index in [1.807, 2.05) is 20.8 Å². The fraction of sp³-hybridized carbons (Fsp3) is 0.615. The maximum Gasteiger partial charge on any atom is 1.00 e. The summed E-state index contributed by atoms with van der Waals surface area (Å²) in [5.74, 6) is -0.852. The first-order valence-corrected chi connectivity index (χ1v) is 6.51. The van der Waals surface area contributed by atoms with E-state index < -0.39 is 11.3 Å². The molecular weight excluding hydrogens is 271 g/mol. The summed E-state index contributed by atoms with van der Waals surface area (Å²) >= 11 is 4.79. The van der Waals surface area contributed by atoms with Crippen molar-refractivity contribution in [3.05, 3.63) is 12.2 Å². The fourth-order valence-electron chi connectivity index (χ4n) is 2.45. The largest absolute Gasteiger partial charge is 1.00 e. The van der Waals surface area contributed by atoms with Gasteiger partial charge in [0.1, 0.15) is 5.41 Å². The minimum Gasteiger partial charge on any atom is -0.742 e. The zero-order chi connectivity index (χ0) is 13.9. The third-order valence-electron chi connectivity index (χ3n) is 3.35. The Morgan fingerprint density at radius 2 is 2.11 bits per heavy atom. The van der Waals surface area contributed by atoms with Gasteiger partial charge < -0.3 is 17.9 Å². The minimum absolute atomic E-state index is 0. The summed E-state index contributed by atoms with van der Waals surface area (Å²) in [6.07, 6.45) is 2.02. The second-order valence-electron chi connectivity index (χ2n) is 4.97. The molecule has 0 saturated carbocycles. The molecule has 2 amide bonds. The summed E-state index contributed by atoms with van der Waals surface area (Å²) in [4.78, 5) is 28.3. The van der Waals surface area contributed by atoms with Crippen molar-refractivity contribution in [2.75, 3.05) is 0 Å². The Hall–Kier alpha value is -0.230. The Kier molecular flexibility index (Phi) is 7.43. The van der Waals surface area contributed by atoms with Crippen LogP contribution in [-0.2, 0) is 22.2 Å². The molecule has 1 aliphatic rings. The van der Waals surface area contributed by atoms with E-state index in [0.717, 1.165) is 18.4 Å². The average Bonchev–Trinajstić information content (AvgIpc) is 2.23. The molecule has 0 bridgehead atoms.